The second-order valence-electron chi connectivity index (χ2n) is 6.43. The van der Waals surface area contributed by atoms with Gasteiger partial charge >= 0.3 is 17.9 Å². The number of hydrogen-bond donors (Lipinski definition) is 1. The van der Waals surface area contributed by atoms with Gasteiger partial charge in [0.2, 0.25) is 0 Å². The van der Waals surface area contributed by atoms with Crippen molar-refractivity contribution in [2.24, 2.45) is 17.1 Å². The van der Waals surface area contributed by atoms with Crippen LogP contribution in [0.5, 0.6) is 0 Å². The van der Waals surface area contributed by atoms with Crippen LogP contribution in [0, 0.1) is 11.3 Å². The number of rotatable bonds is 14. The molecule has 7 nitrogen and oxygen atoms in total. The number of thioether (sulfide) groups is 1. The highest BCUT2D eigenvalue weighted by Crippen LogP contribution is 2.33. The van der Waals surface area contributed by atoms with Crippen molar-refractivity contribution in [1.82, 2.24) is 0 Å². The molecule has 2 unspecified atom stereocenters. The molecular weight excluding hydrogens is 358 g/mol. The van der Waals surface area contributed by atoms with E-state index in [0.29, 0.717) is 44.1 Å². The largest absolute Gasteiger partial charge is 0.469 e. The highest BCUT2D eigenvalue weighted by Gasteiger charge is 2.38. The van der Waals surface area contributed by atoms with E-state index in [1.54, 1.807) is 20.8 Å². The molecule has 0 rings (SSSR count). The standard InChI is InChI=1S/C18H33NO6S/c1-5-24-16(21)14(2)12-18(3,13-26-11-8-15(20)23-4)17(22)25-10-7-6-9-19/h14H,5-13,19H2,1-4H3. The predicted octanol–water partition coefficient (Wildman–Crippen LogP) is 2.16. The fourth-order valence-corrected chi connectivity index (χ4v) is 3.53. The summed E-state index contributed by atoms with van der Waals surface area (Å²) in [5, 5.41) is 0. The maximum Gasteiger partial charge on any atom is 0.312 e. The van der Waals surface area contributed by atoms with E-state index in [2.05, 4.69) is 4.74 Å². The summed E-state index contributed by atoms with van der Waals surface area (Å²) < 4.78 is 15.1. The lowest BCUT2D eigenvalue weighted by Crippen LogP contribution is -2.36. The lowest BCUT2D eigenvalue weighted by atomic mass is 9.83. The first kappa shape index (κ1) is 24.7. The maximum atomic E-state index is 12.6. The van der Waals surface area contributed by atoms with E-state index in [1.165, 1.54) is 18.9 Å². The monoisotopic (exact) mass is 391 g/mol. The van der Waals surface area contributed by atoms with Crippen LogP contribution in [0.3, 0.4) is 0 Å². The second kappa shape index (κ2) is 13.9. The molecular formula is C18H33NO6S. The van der Waals surface area contributed by atoms with Crippen molar-refractivity contribution in [3.8, 4) is 0 Å². The summed E-state index contributed by atoms with van der Waals surface area (Å²) in [6.45, 7) is 6.45. The van der Waals surface area contributed by atoms with Crippen LogP contribution in [0.15, 0.2) is 0 Å². The molecule has 26 heavy (non-hydrogen) atoms. The van der Waals surface area contributed by atoms with Crippen LogP contribution in [0.2, 0.25) is 0 Å². The van der Waals surface area contributed by atoms with Crippen molar-refractivity contribution in [3.05, 3.63) is 0 Å². The molecule has 0 aliphatic rings. The maximum absolute atomic E-state index is 12.6. The Kier molecular flexibility index (Phi) is 13.2. The van der Waals surface area contributed by atoms with Crippen molar-refractivity contribution < 1.29 is 28.6 Å². The van der Waals surface area contributed by atoms with Gasteiger partial charge in [0.05, 0.1) is 38.1 Å². The van der Waals surface area contributed by atoms with Gasteiger partial charge in [-0.25, -0.2) is 0 Å². The summed E-state index contributed by atoms with van der Waals surface area (Å²) in [7, 11) is 1.34. The molecule has 0 saturated carbocycles. The average molecular weight is 392 g/mol. The summed E-state index contributed by atoms with van der Waals surface area (Å²) in [4.78, 5) is 35.8. The minimum absolute atomic E-state index is 0.274. The topological polar surface area (TPSA) is 105 Å². The molecule has 0 fully saturated rings. The van der Waals surface area contributed by atoms with Crippen molar-refractivity contribution in [2.75, 3.05) is 38.4 Å². The van der Waals surface area contributed by atoms with Crippen LogP contribution in [0.1, 0.15) is 46.5 Å². The Hall–Kier alpha value is -1.28. The molecule has 0 saturated heterocycles. The van der Waals surface area contributed by atoms with Gasteiger partial charge in [0.15, 0.2) is 0 Å². The molecule has 152 valence electrons. The third-order valence-electron chi connectivity index (χ3n) is 3.87. The zero-order valence-corrected chi connectivity index (χ0v) is 17.2. The molecule has 0 radical (unpaired) electrons. The Labute approximate surface area is 160 Å². The normalized spacial score (nSPS) is 14.2. The molecule has 0 heterocycles. The Morgan fingerprint density at radius 2 is 1.88 bits per heavy atom. The molecule has 2 atom stereocenters. The number of ether oxygens (including phenoxy) is 3. The summed E-state index contributed by atoms with van der Waals surface area (Å²) in [6.07, 6.45) is 2.10. The summed E-state index contributed by atoms with van der Waals surface area (Å²) in [5.74, 6) is -0.383. The van der Waals surface area contributed by atoms with Gasteiger partial charge in [-0.2, -0.15) is 11.8 Å². The van der Waals surface area contributed by atoms with Crippen LogP contribution in [-0.2, 0) is 28.6 Å². The molecule has 2 N–H and O–H groups in total. The number of carbonyl (C=O) groups is 3. The minimum Gasteiger partial charge on any atom is -0.469 e. The van der Waals surface area contributed by atoms with Crippen LogP contribution >= 0.6 is 11.8 Å². The molecule has 0 aliphatic heterocycles. The average Bonchev–Trinajstić information content (AvgIpc) is 2.62. The van der Waals surface area contributed by atoms with Crippen molar-refractivity contribution >= 4 is 29.7 Å². The van der Waals surface area contributed by atoms with E-state index in [1.807, 2.05) is 0 Å². The molecule has 0 spiro atoms. The van der Waals surface area contributed by atoms with Gasteiger partial charge in [-0.05, 0) is 39.7 Å². The number of nitrogens with two attached hydrogens (primary N) is 1. The zero-order chi connectivity index (χ0) is 20.0. The van der Waals surface area contributed by atoms with Crippen molar-refractivity contribution in [3.63, 3.8) is 0 Å². The summed E-state index contributed by atoms with van der Waals surface area (Å²) in [5.41, 5.74) is 4.61. The van der Waals surface area contributed by atoms with E-state index >= 15 is 0 Å². The van der Waals surface area contributed by atoms with Crippen molar-refractivity contribution in [2.45, 2.75) is 46.5 Å². The molecule has 0 amide bonds. The quantitative estimate of drug-likeness (QED) is 0.273. The fraction of sp³-hybridized carbons (Fsp3) is 0.833. The third kappa shape index (κ3) is 10.0. The van der Waals surface area contributed by atoms with Gasteiger partial charge in [-0.3, -0.25) is 14.4 Å². The number of hydrogen-bond acceptors (Lipinski definition) is 8. The highest BCUT2D eigenvalue weighted by molar-refractivity contribution is 7.99. The van der Waals surface area contributed by atoms with E-state index in [4.69, 9.17) is 15.2 Å². The Morgan fingerprint density at radius 3 is 2.46 bits per heavy atom. The predicted molar refractivity (Wildman–Crippen MR) is 102 cm³/mol. The zero-order valence-electron chi connectivity index (χ0n) is 16.4. The molecule has 0 aromatic rings. The van der Waals surface area contributed by atoms with Crippen LogP contribution in [0.25, 0.3) is 0 Å². The number of unbranched alkanes of at least 4 members (excludes halogenated alkanes) is 1. The van der Waals surface area contributed by atoms with Crippen molar-refractivity contribution in [1.29, 1.82) is 0 Å². The summed E-state index contributed by atoms with van der Waals surface area (Å²) in [6, 6.07) is 0. The fourth-order valence-electron chi connectivity index (χ4n) is 2.39. The SMILES string of the molecule is CCOC(=O)C(C)CC(C)(CSCCC(=O)OC)C(=O)OCCCCN. The Morgan fingerprint density at radius 1 is 1.19 bits per heavy atom. The first-order chi connectivity index (χ1) is 12.3. The molecule has 0 aromatic heterocycles. The number of methoxy groups -OCH3 is 1. The van der Waals surface area contributed by atoms with E-state index in [9.17, 15) is 14.4 Å². The Balaban J connectivity index is 4.79. The number of carbonyl (C=O) groups excluding carboxylic acids is 3. The minimum atomic E-state index is -0.838. The molecule has 0 aliphatic carbocycles. The molecule has 0 bridgehead atoms. The van der Waals surface area contributed by atoms with Crippen LogP contribution in [-0.4, -0.2) is 56.3 Å². The van der Waals surface area contributed by atoms with Gasteiger partial charge in [0.25, 0.3) is 0 Å². The van der Waals surface area contributed by atoms with Crippen LogP contribution < -0.4 is 5.73 Å². The van der Waals surface area contributed by atoms with Gasteiger partial charge in [0, 0.05) is 11.5 Å². The first-order valence-corrected chi connectivity index (χ1v) is 10.1. The van der Waals surface area contributed by atoms with E-state index in [-0.39, 0.29) is 24.3 Å². The van der Waals surface area contributed by atoms with Gasteiger partial charge in [-0.15, -0.1) is 0 Å². The lowest BCUT2D eigenvalue weighted by molar-refractivity contribution is -0.157. The Bertz CT molecular complexity index is 445. The van der Waals surface area contributed by atoms with Gasteiger partial charge < -0.3 is 19.9 Å². The van der Waals surface area contributed by atoms with Crippen LogP contribution in [0.4, 0.5) is 0 Å². The van der Waals surface area contributed by atoms with Gasteiger partial charge in [-0.1, -0.05) is 6.92 Å². The summed E-state index contributed by atoms with van der Waals surface area (Å²) >= 11 is 1.47. The molecule has 8 heteroatoms. The second-order valence-corrected chi connectivity index (χ2v) is 7.53. The first-order valence-electron chi connectivity index (χ1n) is 8.99. The van der Waals surface area contributed by atoms with E-state index in [0.717, 1.165) is 6.42 Å². The molecule has 0 aromatic carbocycles. The number of esters is 3. The lowest BCUT2D eigenvalue weighted by Gasteiger charge is -2.29. The smallest absolute Gasteiger partial charge is 0.312 e. The third-order valence-corrected chi connectivity index (χ3v) is 5.20. The van der Waals surface area contributed by atoms with Gasteiger partial charge in [0.1, 0.15) is 0 Å². The van der Waals surface area contributed by atoms with E-state index < -0.39 is 11.3 Å². The highest BCUT2D eigenvalue weighted by atomic mass is 32.2.